The Labute approximate surface area is 107 Å². The van der Waals surface area contributed by atoms with Crippen molar-refractivity contribution in [1.29, 1.82) is 0 Å². The van der Waals surface area contributed by atoms with Gasteiger partial charge in [-0.15, -0.1) is 0 Å². The van der Waals surface area contributed by atoms with Gasteiger partial charge >= 0.3 is 0 Å². The molecule has 0 radical (unpaired) electrons. The highest BCUT2D eigenvalue weighted by atomic mass is 32.2. The number of carbonyl (C=O) groups is 1. The van der Waals surface area contributed by atoms with E-state index in [9.17, 15) is 4.79 Å². The van der Waals surface area contributed by atoms with Crippen molar-refractivity contribution in [3.05, 3.63) is 23.8 Å². The summed E-state index contributed by atoms with van der Waals surface area (Å²) in [6.07, 6.45) is 10.5. The Kier molecular flexibility index (Phi) is 3.94. The van der Waals surface area contributed by atoms with Crippen molar-refractivity contribution >= 4 is 17.9 Å². The maximum absolute atomic E-state index is 11.8. The summed E-state index contributed by atoms with van der Waals surface area (Å²) in [4.78, 5) is 11.8. The molecular weight excluding hydrogens is 234 g/mol. The zero-order valence-electron chi connectivity index (χ0n) is 10.1. The standard InChI is InChI=1S/C13H19NO2S/c1-10(4-2-3-7-17-16)12(15)14-11-8-13(9-11)5-6-13/h2-4,11,16H,5-9H2,1H3,(H,14,15)/b3-2-,10-4+. The number of amides is 1. The lowest BCUT2D eigenvalue weighted by atomic mass is 9.77. The van der Waals surface area contributed by atoms with Crippen LogP contribution in [0.2, 0.25) is 0 Å². The molecule has 0 aromatic rings. The SMILES string of the molecule is C/C(=C\C=C/CSO)C(=O)NC1CC2(CC2)C1. The molecule has 2 saturated carbocycles. The van der Waals surface area contributed by atoms with Gasteiger partial charge in [0.1, 0.15) is 0 Å². The molecule has 0 unspecified atom stereocenters. The molecule has 0 bridgehead atoms. The van der Waals surface area contributed by atoms with Crippen molar-refractivity contribution in [2.45, 2.75) is 38.6 Å². The van der Waals surface area contributed by atoms with Crippen molar-refractivity contribution in [3.8, 4) is 0 Å². The molecule has 1 spiro atoms. The van der Waals surface area contributed by atoms with Gasteiger partial charge < -0.3 is 9.87 Å². The van der Waals surface area contributed by atoms with E-state index in [0.29, 0.717) is 17.2 Å². The molecule has 2 aliphatic rings. The molecular formula is C13H19NO2S. The summed E-state index contributed by atoms with van der Waals surface area (Å²) in [6, 6.07) is 0.394. The maximum atomic E-state index is 11.8. The summed E-state index contributed by atoms with van der Waals surface area (Å²) in [5.41, 5.74) is 1.36. The average Bonchev–Trinajstić information content (AvgIpc) is 3.03. The lowest BCUT2D eigenvalue weighted by molar-refractivity contribution is -0.119. The molecule has 2 fully saturated rings. The van der Waals surface area contributed by atoms with Crippen LogP contribution in [0.5, 0.6) is 0 Å². The van der Waals surface area contributed by atoms with E-state index in [1.165, 1.54) is 25.7 Å². The van der Waals surface area contributed by atoms with Crippen LogP contribution < -0.4 is 5.32 Å². The summed E-state index contributed by atoms with van der Waals surface area (Å²) in [6.45, 7) is 1.82. The first-order chi connectivity index (χ1) is 8.15. The van der Waals surface area contributed by atoms with E-state index in [1.54, 1.807) is 12.2 Å². The summed E-state index contributed by atoms with van der Waals surface area (Å²) in [5, 5.41) is 3.06. The largest absolute Gasteiger partial charge is 0.350 e. The third kappa shape index (κ3) is 3.36. The van der Waals surface area contributed by atoms with Gasteiger partial charge in [0.05, 0.1) is 0 Å². The van der Waals surface area contributed by atoms with E-state index >= 15 is 0 Å². The highest BCUT2D eigenvalue weighted by Gasteiger charge is 2.53. The molecule has 2 aliphatic carbocycles. The molecule has 0 heterocycles. The molecule has 4 heteroatoms. The third-order valence-corrected chi connectivity index (χ3v) is 4.00. The average molecular weight is 253 g/mol. The highest BCUT2D eigenvalue weighted by Crippen LogP contribution is 2.60. The zero-order valence-corrected chi connectivity index (χ0v) is 10.9. The number of hydrogen-bond acceptors (Lipinski definition) is 3. The van der Waals surface area contributed by atoms with Gasteiger partial charge in [-0.25, -0.2) is 0 Å². The van der Waals surface area contributed by atoms with Gasteiger partial charge in [-0.1, -0.05) is 18.2 Å². The van der Waals surface area contributed by atoms with Crippen LogP contribution in [0, 0.1) is 5.41 Å². The van der Waals surface area contributed by atoms with Gasteiger partial charge in [-0.05, 0) is 50.1 Å². The van der Waals surface area contributed by atoms with E-state index < -0.39 is 0 Å². The smallest absolute Gasteiger partial charge is 0.247 e. The number of carbonyl (C=O) groups excluding carboxylic acids is 1. The van der Waals surface area contributed by atoms with Crippen LogP contribution in [0.4, 0.5) is 0 Å². The second-order valence-corrected chi connectivity index (χ2v) is 5.74. The van der Waals surface area contributed by atoms with Crippen LogP contribution in [-0.2, 0) is 4.79 Å². The van der Waals surface area contributed by atoms with Gasteiger partial charge in [0.25, 0.3) is 0 Å². The summed E-state index contributed by atoms with van der Waals surface area (Å²) < 4.78 is 8.52. The minimum Gasteiger partial charge on any atom is -0.350 e. The quantitative estimate of drug-likeness (QED) is 0.450. The lowest BCUT2D eigenvalue weighted by Gasteiger charge is -2.36. The molecule has 2 N–H and O–H groups in total. The molecule has 2 rings (SSSR count). The Morgan fingerprint density at radius 1 is 1.53 bits per heavy atom. The van der Waals surface area contributed by atoms with Crippen molar-refractivity contribution < 1.29 is 9.35 Å². The summed E-state index contributed by atoms with van der Waals surface area (Å²) >= 11 is 0.775. The highest BCUT2D eigenvalue weighted by molar-refractivity contribution is 7.93. The van der Waals surface area contributed by atoms with E-state index in [0.717, 1.165) is 17.6 Å². The first kappa shape index (κ1) is 12.7. The van der Waals surface area contributed by atoms with Gasteiger partial charge in [0.15, 0.2) is 0 Å². The summed E-state index contributed by atoms with van der Waals surface area (Å²) in [7, 11) is 0. The summed E-state index contributed by atoms with van der Waals surface area (Å²) in [5.74, 6) is 0.586. The van der Waals surface area contributed by atoms with E-state index in [4.69, 9.17) is 4.55 Å². The van der Waals surface area contributed by atoms with Crippen molar-refractivity contribution in [3.63, 3.8) is 0 Å². The zero-order chi connectivity index (χ0) is 12.3. The first-order valence-corrected chi connectivity index (χ1v) is 7.00. The predicted molar refractivity (Wildman–Crippen MR) is 70.8 cm³/mol. The van der Waals surface area contributed by atoms with Gasteiger partial charge in [-0.3, -0.25) is 4.79 Å². The fourth-order valence-corrected chi connectivity index (χ4v) is 2.56. The Hall–Kier alpha value is -0.740. The van der Waals surface area contributed by atoms with Crippen LogP contribution in [0.15, 0.2) is 23.8 Å². The topological polar surface area (TPSA) is 49.3 Å². The Bertz CT molecular complexity index is 350. The van der Waals surface area contributed by atoms with Crippen molar-refractivity contribution in [1.82, 2.24) is 5.32 Å². The number of rotatable bonds is 5. The minimum absolute atomic E-state index is 0.0341. The van der Waals surface area contributed by atoms with Crippen LogP contribution in [0.1, 0.15) is 32.6 Å². The fourth-order valence-electron chi connectivity index (χ4n) is 2.36. The second kappa shape index (κ2) is 5.27. The Balaban J connectivity index is 1.71. The van der Waals surface area contributed by atoms with Crippen molar-refractivity contribution in [2.75, 3.05) is 5.75 Å². The number of hydrogen-bond donors (Lipinski definition) is 2. The predicted octanol–water partition coefficient (Wildman–Crippen LogP) is 2.75. The fraction of sp³-hybridized carbons (Fsp3) is 0.615. The van der Waals surface area contributed by atoms with Crippen LogP contribution in [0.25, 0.3) is 0 Å². The van der Waals surface area contributed by atoms with Crippen LogP contribution in [0.3, 0.4) is 0 Å². The molecule has 1 amide bonds. The Morgan fingerprint density at radius 3 is 2.82 bits per heavy atom. The number of nitrogens with one attached hydrogen (secondary N) is 1. The van der Waals surface area contributed by atoms with E-state index in [-0.39, 0.29) is 5.91 Å². The van der Waals surface area contributed by atoms with Gasteiger partial charge in [0, 0.05) is 17.4 Å². The molecule has 3 nitrogen and oxygen atoms in total. The molecule has 0 aliphatic heterocycles. The molecule has 94 valence electrons. The maximum Gasteiger partial charge on any atom is 0.247 e. The van der Waals surface area contributed by atoms with E-state index in [1.807, 2.05) is 13.0 Å². The third-order valence-electron chi connectivity index (χ3n) is 3.66. The van der Waals surface area contributed by atoms with Crippen LogP contribution >= 0.6 is 12.0 Å². The molecule has 0 aromatic heterocycles. The number of allylic oxidation sites excluding steroid dienone is 2. The lowest BCUT2D eigenvalue weighted by Crippen LogP contribution is -2.45. The minimum atomic E-state index is 0.0341. The van der Waals surface area contributed by atoms with Crippen molar-refractivity contribution in [2.24, 2.45) is 5.41 Å². The first-order valence-electron chi connectivity index (χ1n) is 6.06. The molecule has 17 heavy (non-hydrogen) atoms. The monoisotopic (exact) mass is 253 g/mol. The normalized spacial score (nSPS) is 22.8. The van der Waals surface area contributed by atoms with Crippen LogP contribution in [-0.4, -0.2) is 22.3 Å². The second-order valence-electron chi connectivity index (χ2n) is 5.15. The van der Waals surface area contributed by atoms with E-state index in [2.05, 4.69) is 5.32 Å². The molecule has 0 aromatic carbocycles. The molecule has 0 atom stereocenters. The Morgan fingerprint density at radius 2 is 2.24 bits per heavy atom. The molecule has 0 saturated heterocycles. The van der Waals surface area contributed by atoms with Gasteiger partial charge in [-0.2, -0.15) is 0 Å². The van der Waals surface area contributed by atoms with Gasteiger partial charge in [0.2, 0.25) is 5.91 Å².